The summed E-state index contributed by atoms with van der Waals surface area (Å²) in [7, 11) is 0. The molecule has 126 valence electrons. The van der Waals surface area contributed by atoms with E-state index in [-0.39, 0.29) is 18.1 Å². The molecule has 2 bridgehead atoms. The van der Waals surface area contributed by atoms with Crippen LogP contribution in [0.4, 0.5) is 0 Å². The highest BCUT2D eigenvalue weighted by Gasteiger charge is 2.52. The standard InChI is InChI=1S/C21H18O4/c1-3-24-19(22)18-16-9-6-14-10-11-21(16,25-20(18)23)17(12-14)15-7-4-13(2)5-8-15/h4-12,14H,3H2,1-2H3/t14-,21+/m0/s1. The lowest BCUT2D eigenvalue weighted by Gasteiger charge is -2.31. The lowest BCUT2D eigenvalue weighted by molar-refractivity contribution is -0.146. The van der Waals surface area contributed by atoms with Gasteiger partial charge in [-0.05, 0) is 25.5 Å². The summed E-state index contributed by atoms with van der Waals surface area (Å²) in [5.74, 6) is -1.17. The first kappa shape index (κ1) is 15.6. The van der Waals surface area contributed by atoms with E-state index in [9.17, 15) is 9.59 Å². The number of rotatable bonds is 3. The molecule has 2 atom stereocenters. The summed E-state index contributed by atoms with van der Waals surface area (Å²) >= 11 is 0. The van der Waals surface area contributed by atoms with E-state index in [0.29, 0.717) is 5.57 Å². The highest BCUT2D eigenvalue weighted by molar-refractivity contribution is 6.19. The minimum absolute atomic E-state index is 0.0108. The van der Waals surface area contributed by atoms with E-state index in [1.54, 1.807) is 6.92 Å². The summed E-state index contributed by atoms with van der Waals surface area (Å²) in [5.41, 5.74) is 2.49. The van der Waals surface area contributed by atoms with Crippen molar-refractivity contribution < 1.29 is 19.1 Å². The van der Waals surface area contributed by atoms with Gasteiger partial charge in [0.05, 0.1) is 6.61 Å². The summed E-state index contributed by atoms with van der Waals surface area (Å²) in [6, 6.07) is 8.07. The fraction of sp³-hybridized carbons (Fsp3) is 0.238. The van der Waals surface area contributed by atoms with Crippen LogP contribution in [0.15, 0.2) is 65.8 Å². The van der Waals surface area contributed by atoms with Gasteiger partial charge in [-0.25, -0.2) is 9.59 Å². The Morgan fingerprint density at radius 2 is 2.00 bits per heavy atom. The maximum Gasteiger partial charge on any atom is 0.347 e. The van der Waals surface area contributed by atoms with Gasteiger partial charge in [-0.3, -0.25) is 0 Å². The van der Waals surface area contributed by atoms with Crippen molar-refractivity contribution in [2.45, 2.75) is 19.4 Å². The summed E-state index contributed by atoms with van der Waals surface area (Å²) in [6.07, 6.45) is 9.74. The fourth-order valence-electron chi connectivity index (χ4n) is 3.55. The van der Waals surface area contributed by atoms with Gasteiger partial charge in [0.15, 0.2) is 11.2 Å². The highest BCUT2D eigenvalue weighted by Crippen LogP contribution is 2.49. The predicted octanol–water partition coefficient (Wildman–Crippen LogP) is 3.29. The van der Waals surface area contributed by atoms with Gasteiger partial charge < -0.3 is 9.47 Å². The molecule has 0 fully saturated rings. The molecule has 1 aliphatic heterocycles. The molecular weight excluding hydrogens is 316 g/mol. The molecule has 0 N–H and O–H groups in total. The van der Waals surface area contributed by atoms with Crippen LogP contribution in [0.5, 0.6) is 0 Å². The van der Waals surface area contributed by atoms with Gasteiger partial charge in [0.1, 0.15) is 0 Å². The molecule has 1 spiro atoms. The van der Waals surface area contributed by atoms with Crippen LogP contribution in [0.2, 0.25) is 0 Å². The molecule has 4 nitrogen and oxygen atoms in total. The Bertz CT molecular complexity index is 883. The maximum atomic E-state index is 12.5. The number of aryl methyl sites for hydroxylation is 1. The second kappa shape index (κ2) is 5.59. The van der Waals surface area contributed by atoms with Crippen LogP contribution in [-0.4, -0.2) is 24.1 Å². The topological polar surface area (TPSA) is 52.6 Å². The average molecular weight is 334 g/mol. The Kier molecular flexibility index (Phi) is 3.49. The van der Waals surface area contributed by atoms with Crippen molar-refractivity contribution in [3.05, 3.63) is 76.9 Å². The fourth-order valence-corrected chi connectivity index (χ4v) is 3.55. The molecular formula is C21H18O4. The van der Waals surface area contributed by atoms with Crippen molar-refractivity contribution in [3.8, 4) is 0 Å². The van der Waals surface area contributed by atoms with Gasteiger partial charge in [0.25, 0.3) is 0 Å². The number of hydrogen-bond acceptors (Lipinski definition) is 4. The van der Waals surface area contributed by atoms with Crippen molar-refractivity contribution in [1.29, 1.82) is 0 Å². The Hall–Kier alpha value is -2.88. The number of allylic oxidation sites excluding steroid dienone is 3. The molecule has 0 saturated heterocycles. The minimum atomic E-state index is -1.06. The first-order valence-electron chi connectivity index (χ1n) is 8.37. The van der Waals surface area contributed by atoms with E-state index in [1.807, 2.05) is 55.5 Å². The van der Waals surface area contributed by atoms with Crippen LogP contribution in [0.25, 0.3) is 5.57 Å². The monoisotopic (exact) mass is 334 g/mol. The molecule has 3 aliphatic carbocycles. The maximum absolute atomic E-state index is 12.5. The Labute approximate surface area is 146 Å². The third kappa shape index (κ3) is 2.29. The van der Waals surface area contributed by atoms with E-state index in [1.165, 1.54) is 0 Å². The lowest BCUT2D eigenvalue weighted by Crippen LogP contribution is -2.32. The molecule has 0 aromatic heterocycles. The molecule has 5 rings (SSSR count). The zero-order valence-corrected chi connectivity index (χ0v) is 14.1. The second-order valence-electron chi connectivity index (χ2n) is 6.38. The summed E-state index contributed by atoms with van der Waals surface area (Å²) in [5, 5.41) is 0. The molecule has 1 aromatic rings. The Morgan fingerprint density at radius 1 is 1.24 bits per heavy atom. The number of benzene rings is 1. The van der Waals surface area contributed by atoms with Gasteiger partial charge in [-0.1, -0.05) is 54.1 Å². The number of hydrogen-bond donors (Lipinski definition) is 0. The summed E-state index contributed by atoms with van der Waals surface area (Å²) < 4.78 is 10.8. The second-order valence-corrected chi connectivity index (χ2v) is 6.38. The Morgan fingerprint density at radius 3 is 2.72 bits per heavy atom. The van der Waals surface area contributed by atoms with E-state index in [2.05, 4.69) is 6.08 Å². The normalized spacial score (nSPS) is 26.2. The molecule has 1 aromatic carbocycles. The van der Waals surface area contributed by atoms with Crippen molar-refractivity contribution in [2.75, 3.05) is 6.61 Å². The zero-order valence-electron chi connectivity index (χ0n) is 14.1. The van der Waals surface area contributed by atoms with E-state index in [4.69, 9.17) is 9.47 Å². The van der Waals surface area contributed by atoms with Gasteiger partial charge in [0.2, 0.25) is 0 Å². The lowest BCUT2D eigenvalue weighted by atomic mass is 9.78. The zero-order chi connectivity index (χ0) is 17.6. The molecule has 1 heterocycles. The van der Waals surface area contributed by atoms with Crippen LogP contribution in [0.3, 0.4) is 0 Å². The van der Waals surface area contributed by atoms with Crippen LogP contribution >= 0.6 is 0 Å². The third-order valence-electron chi connectivity index (χ3n) is 4.77. The van der Waals surface area contributed by atoms with Crippen LogP contribution < -0.4 is 0 Å². The van der Waals surface area contributed by atoms with Gasteiger partial charge in [-0.15, -0.1) is 0 Å². The molecule has 0 unspecified atom stereocenters. The molecule has 25 heavy (non-hydrogen) atoms. The van der Waals surface area contributed by atoms with Gasteiger partial charge >= 0.3 is 11.9 Å². The molecule has 0 saturated carbocycles. The first-order chi connectivity index (χ1) is 12.0. The number of carbonyl (C=O) groups is 2. The molecule has 4 heteroatoms. The van der Waals surface area contributed by atoms with Crippen molar-refractivity contribution in [2.24, 2.45) is 5.92 Å². The largest absolute Gasteiger partial charge is 0.462 e. The first-order valence-corrected chi connectivity index (χ1v) is 8.37. The van der Waals surface area contributed by atoms with Crippen LogP contribution in [0, 0.1) is 12.8 Å². The van der Waals surface area contributed by atoms with E-state index in [0.717, 1.165) is 16.7 Å². The van der Waals surface area contributed by atoms with E-state index < -0.39 is 17.5 Å². The SMILES string of the molecule is CCOC(=O)C1=C2C=C[C@H]3C=C[C@]2(OC1=O)C(c1ccc(C)cc1)=C3. The van der Waals surface area contributed by atoms with Crippen molar-refractivity contribution in [1.82, 2.24) is 0 Å². The third-order valence-corrected chi connectivity index (χ3v) is 4.77. The summed E-state index contributed by atoms with van der Waals surface area (Å²) in [6.45, 7) is 3.95. The highest BCUT2D eigenvalue weighted by atomic mass is 16.6. The predicted molar refractivity (Wildman–Crippen MR) is 93.4 cm³/mol. The van der Waals surface area contributed by atoms with Gasteiger partial charge in [-0.2, -0.15) is 0 Å². The average Bonchev–Trinajstić information content (AvgIpc) is 2.71. The van der Waals surface area contributed by atoms with E-state index >= 15 is 0 Å². The number of carbonyl (C=O) groups excluding carboxylic acids is 2. The quantitative estimate of drug-likeness (QED) is 0.483. The van der Waals surface area contributed by atoms with Gasteiger partial charge in [0, 0.05) is 17.1 Å². The molecule has 0 amide bonds. The van der Waals surface area contributed by atoms with Crippen LogP contribution in [0.1, 0.15) is 18.1 Å². The smallest absolute Gasteiger partial charge is 0.347 e. The number of esters is 2. The molecule has 0 radical (unpaired) electrons. The van der Waals surface area contributed by atoms with Crippen molar-refractivity contribution >= 4 is 17.5 Å². The summed E-state index contributed by atoms with van der Waals surface area (Å²) in [4.78, 5) is 24.8. The minimum Gasteiger partial charge on any atom is -0.462 e. The Balaban J connectivity index is 1.90. The molecule has 4 aliphatic rings. The number of ether oxygens (including phenoxy) is 2. The van der Waals surface area contributed by atoms with Crippen LogP contribution in [-0.2, 0) is 19.1 Å². The van der Waals surface area contributed by atoms with Crippen molar-refractivity contribution in [3.63, 3.8) is 0 Å².